The van der Waals surface area contributed by atoms with Crippen LogP contribution in [0.5, 0.6) is 11.5 Å². The van der Waals surface area contributed by atoms with Crippen molar-refractivity contribution >= 4 is 34.1 Å². The van der Waals surface area contributed by atoms with Crippen molar-refractivity contribution in [3.05, 3.63) is 94.0 Å². The molecule has 5 heteroatoms. The van der Waals surface area contributed by atoms with Crippen LogP contribution in [0.25, 0.3) is 10.8 Å². The first kappa shape index (κ1) is 36.8. The molecule has 0 aliphatic carbocycles. The molecule has 4 rings (SSSR count). The molecule has 0 aromatic heterocycles. The van der Waals surface area contributed by atoms with Crippen molar-refractivity contribution < 1.29 is 26.7 Å². The van der Waals surface area contributed by atoms with Gasteiger partial charge in [0.15, 0.2) is 0 Å². The third-order valence-electron chi connectivity index (χ3n) is 7.87. The first-order chi connectivity index (χ1) is 20.7. The molecule has 238 valence electrons. The summed E-state index contributed by atoms with van der Waals surface area (Å²) in [6, 6.07) is 20.4. The third-order valence-corrected chi connectivity index (χ3v) is 7.87. The van der Waals surface area contributed by atoms with Gasteiger partial charge in [-0.05, 0) is 128 Å². The van der Waals surface area contributed by atoms with Gasteiger partial charge in [0.25, 0.3) is 0 Å². The molecule has 44 heavy (non-hydrogen) atoms. The van der Waals surface area contributed by atoms with Crippen LogP contribution in [0, 0.1) is 13.8 Å². The molecule has 0 saturated heterocycles. The van der Waals surface area contributed by atoms with Gasteiger partial charge in [0.05, 0.1) is 22.5 Å². The van der Waals surface area contributed by atoms with Crippen LogP contribution in [0.2, 0.25) is 0 Å². The standard InChI is InChI=1S/C27H38N2.C12H12O2.Ni/c1-6-11-12-13-27(29-26-17-15-22(8-3)24(10-5)19-26)20-28-25-16-14-21(7-2)23(9-4)18-25;1-7-3-9-4-8(2)6-11(14)12(9)10(13)5-7;/h14-20H,6-13H2,1-5H3;3-6,13-14H,1-2H3;. The van der Waals surface area contributed by atoms with E-state index in [1.807, 2.05) is 32.2 Å². The first-order valence-corrected chi connectivity index (χ1v) is 16.0. The molecule has 0 radical (unpaired) electrons. The van der Waals surface area contributed by atoms with Crippen LogP contribution in [-0.4, -0.2) is 22.1 Å². The summed E-state index contributed by atoms with van der Waals surface area (Å²) in [5.74, 6) is 0.273. The van der Waals surface area contributed by atoms with Gasteiger partial charge in [-0.15, -0.1) is 0 Å². The van der Waals surface area contributed by atoms with Gasteiger partial charge in [0, 0.05) is 22.7 Å². The number of rotatable bonds is 11. The van der Waals surface area contributed by atoms with Gasteiger partial charge in [0.1, 0.15) is 11.5 Å². The second-order valence-corrected chi connectivity index (χ2v) is 11.3. The van der Waals surface area contributed by atoms with E-state index in [-0.39, 0.29) is 28.0 Å². The number of aliphatic imine (C=N–C) groups is 2. The molecule has 4 aromatic carbocycles. The molecule has 0 amide bonds. The van der Waals surface area contributed by atoms with Crippen LogP contribution < -0.4 is 0 Å². The van der Waals surface area contributed by atoms with Crippen molar-refractivity contribution in [3.63, 3.8) is 0 Å². The summed E-state index contributed by atoms with van der Waals surface area (Å²) in [6.45, 7) is 14.9. The summed E-state index contributed by atoms with van der Waals surface area (Å²) in [7, 11) is 0. The van der Waals surface area contributed by atoms with E-state index in [0.29, 0.717) is 5.39 Å². The molecule has 4 aromatic rings. The van der Waals surface area contributed by atoms with Crippen molar-refractivity contribution in [1.82, 2.24) is 0 Å². The van der Waals surface area contributed by atoms with Crippen molar-refractivity contribution in [2.24, 2.45) is 9.98 Å². The maximum absolute atomic E-state index is 9.66. The van der Waals surface area contributed by atoms with Crippen molar-refractivity contribution in [1.29, 1.82) is 0 Å². The summed E-state index contributed by atoms with van der Waals surface area (Å²) in [5, 5.41) is 20.7. The van der Waals surface area contributed by atoms with E-state index in [1.54, 1.807) is 12.1 Å². The number of aryl methyl sites for hydroxylation is 6. The van der Waals surface area contributed by atoms with Crippen LogP contribution in [0.3, 0.4) is 0 Å². The maximum atomic E-state index is 9.66. The summed E-state index contributed by atoms with van der Waals surface area (Å²) >= 11 is 0. The molecule has 0 saturated carbocycles. The molecule has 0 heterocycles. The number of hydrogen-bond acceptors (Lipinski definition) is 4. The van der Waals surface area contributed by atoms with Crippen LogP contribution in [0.1, 0.15) is 93.7 Å². The second kappa shape index (κ2) is 18.4. The average molecular weight is 638 g/mol. The average Bonchev–Trinajstić information content (AvgIpc) is 2.99. The Bertz CT molecular complexity index is 1530. The summed E-state index contributed by atoms with van der Waals surface area (Å²) < 4.78 is 0. The second-order valence-electron chi connectivity index (χ2n) is 11.3. The maximum Gasteiger partial charge on any atom is 0.127 e. The summed E-state index contributed by atoms with van der Waals surface area (Å²) in [6.07, 6.45) is 10.8. The Labute approximate surface area is 275 Å². The fourth-order valence-electron chi connectivity index (χ4n) is 5.51. The normalized spacial score (nSPS) is 11.4. The Morgan fingerprint density at radius 3 is 1.64 bits per heavy atom. The number of fused-ring (bicyclic) bond motifs is 1. The fourth-order valence-corrected chi connectivity index (χ4v) is 5.51. The Kier molecular flexibility index (Phi) is 15.4. The van der Waals surface area contributed by atoms with E-state index in [1.165, 1.54) is 35.1 Å². The molecule has 0 bridgehead atoms. The van der Waals surface area contributed by atoms with E-state index in [4.69, 9.17) is 9.98 Å². The monoisotopic (exact) mass is 636 g/mol. The number of unbranched alkanes of at least 4 members (excludes halogenated alkanes) is 2. The minimum Gasteiger partial charge on any atom is -0.507 e. The quantitative estimate of drug-likeness (QED) is 0.0976. The minimum absolute atomic E-state index is 0. The molecule has 0 atom stereocenters. The molecule has 0 fully saturated rings. The molecular formula is C39H50N2NiO2. The predicted molar refractivity (Wildman–Crippen MR) is 187 cm³/mol. The summed E-state index contributed by atoms with van der Waals surface area (Å²) in [5.41, 5.74) is 10.8. The van der Waals surface area contributed by atoms with Gasteiger partial charge in [-0.1, -0.05) is 71.7 Å². The van der Waals surface area contributed by atoms with Gasteiger partial charge in [-0.25, -0.2) is 0 Å². The SMILES string of the molecule is CCCCCC(C=Nc1ccc(CC)c(CC)c1)=Nc1ccc(CC)c(CC)c1.Cc1cc(O)c2c(O)cc(C)cc2c1.[Ni]. The number of hydrogen-bond donors (Lipinski definition) is 2. The van der Waals surface area contributed by atoms with E-state index < -0.39 is 0 Å². The van der Waals surface area contributed by atoms with Crippen LogP contribution in [0.4, 0.5) is 11.4 Å². The Morgan fingerprint density at radius 1 is 0.636 bits per heavy atom. The largest absolute Gasteiger partial charge is 0.507 e. The molecule has 2 N–H and O–H groups in total. The van der Waals surface area contributed by atoms with Crippen molar-refractivity contribution in [2.45, 2.75) is 99.8 Å². The van der Waals surface area contributed by atoms with Crippen LogP contribution in [0.15, 0.2) is 70.6 Å². The summed E-state index contributed by atoms with van der Waals surface area (Å²) in [4.78, 5) is 9.76. The number of phenolic OH excluding ortho intramolecular Hbond substituents is 2. The predicted octanol–water partition coefficient (Wildman–Crippen LogP) is 10.9. The first-order valence-electron chi connectivity index (χ1n) is 16.0. The molecule has 0 unspecified atom stereocenters. The number of nitrogens with zero attached hydrogens (tertiary/aromatic N) is 2. The van der Waals surface area contributed by atoms with Crippen LogP contribution >= 0.6 is 0 Å². The number of benzene rings is 4. The number of aromatic hydroxyl groups is 2. The Balaban J connectivity index is 0.000000375. The van der Waals surface area contributed by atoms with Crippen molar-refractivity contribution in [2.75, 3.05) is 0 Å². The van der Waals surface area contributed by atoms with E-state index in [0.717, 1.165) is 72.1 Å². The van der Waals surface area contributed by atoms with Crippen LogP contribution in [-0.2, 0) is 42.2 Å². The topological polar surface area (TPSA) is 65.2 Å². The Morgan fingerprint density at radius 2 is 1.14 bits per heavy atom. The number of phenols is 2. The van der Waals surface area contributed by atoms with E-state index in [2.05, 4.69) is 71.0 Å². The third kappa shape index (κ3) is 10.3. The van der Waals surface area contributed by atoms with Gasteiger partial charge < -0.3 is 10.2 Å². The van der Waals surface area contributed by atoms with Gasteiger partial charge in [-0.3, -0.25) is 9.98 Å². The van der Waals surface area contributed by atoms with Gasteiger partial charge in [0.2, 0.25) is 0 Å². The molecule has 0 aliphatic rings. The zero-order valence-electron chi connectivity index (χ0n) is 27.6. The minimum atomic E-state index is 0. The zero-order chi connectivity index (χ0) is 31.4. The van der Waals surface area contributed by atoms with Gasteiger partial charge in [-0.2, -0.15) is 0 Å². The molecule has 0 aliphatic heterocycles. The fraction of sp³-hybridized carbons (Fsp3) is 0.385. The molecule has 4 nitrogen and oxygen atoms in total. The molecular weight excluding hydrogens is 587 g/mol. The van der Waals surface area contributed by atoms with Crippen molar-refractivity contribution in [3.8, 4) is 11.5 Å². The smallest absolute Gasteiger partial charge is 0.127 e. The van der Waals surface area contributed by atoms with Gasteiger partial charge >= 0.3 is 0 Å². The zero-order valence-corrected chi connectivity index (χ0v) is 28.6. The Hall–Kier alpha value is -3.43. The van der Waals surface area contributed by atoms with E-state index in [9.17, 15) is 10.2 Å². The molecule has 0 spiro atoms. The van der Waals surface area contributed by atoms with E-state index >= 15 is 0 Å².